The summed E-state index contributed by atoms with van der Waals surface area (Å²) < 4.78 is 2.19. The van der Waals surface area contributed by atoms with Crippen LogP contribution in [0.4, 0.5) is 4.79 Å². The van der Waals surface area contributed by atoms with Crippen molar-refractivity contribution in [3.05, 3.63) is 29.6 Å². The highest BCUT2D eigenvalue weighted by atomic mass is 16.2. The van der Waals surface area contributed by atoms with Gasteiger partial charge in [0.1, 0.15) is 5.82 Å². The van der Waals surface area contributed by atoms with Crippen molar-refractivity contribution in [2.45, 2.75) is 38.6 Å². The Morgan fingerprint density at radius 2 is 2.19 bits per heavy atom. The van der Waals surface area contributed by atoms with Crippen LogP contribution >= 0.6 is 0 Å². The van der Waals surface area contributed by atoms with Gasteiger partial charge in [-0.25, -0.2) is 9.78 Å². The Labute approximate surface area is 124 Å². The molecular formula is C16H22N4O. The van der Waals surface area contributed by atoms with Crippen LogP contribution in [0.1, 0.15) is 43.5 Å². The molecule has 1 fully saturated rings. The fourth-order valence-electron chi connectivity index (χ4n) is 2.56. The third-order valence-corrected chi connectivity index (χ3v) is 3.91. The molecule has 2 N–H and O–H groups in total. The molecule has 0 saturated heterocycles. The first kappa shape index (κ1) is 13.9. The van der Waals surface area contributed by atoms with Crippen LogP contribution in [0.3, 0.4) is 0 Å². The van der Waals surface area contributed by atoms with Gasteiger partial charge in [0, 0.05) is 26.1 Å². The van der Waals surface area contributed by atoms with Gasteiger partial charge in [0.15, 0.2) is 0 Å². The molecule has 5 nitrogen and oxygen atoms in total. The normalized spacial score (nSPS) is 14.4. The van der Waals surface area contributed by atoms with Crippen LogP contribution in [-0.4, -0.2) is 22.1 Å². The maximum atomic E-state index is 11.6. The molecule has 0 radical (unpaired) electrons. The van der Waals surface area contributed by atoms with E-state index in [1.165, 1.54) is 18.7 Å². The zero-order valence-electron chi connectivity index (χ0n) is 12.6. The lowest BCUT2D eigenvalue weighted by atomic mass is 10.2. The lowest BCUT2D eigenvalue weighted by Crippen LogP contribution is -2.35. The summed E-state index contributed by atoms with van der Waals surface area (Å²) >= 11 is 0. The number of amides is 2. The standard InChI is InChI=1S/C16H22N4O/c1-3-8-17-16(21)18-10-11-4-7-14-13(9-11)19-15(20(14)2)12-5-6-12/h4,7,9,12H,3,5-6,8,10H2,1-2H3,(H2,17,18,21). The Bertz CT molecular complexity index is 658. The predicted molar refractivity (Wildman–Crippen MR) is 83.2 cm³/mol. The molecule has 3 rings (SSSR count). The van der Waals surface area contributed by atoms with Gasteiger partial charge in [-0.2, -0.15) is 0 Å². The van der Waals surface area contributed by atoms with Gasteiger partial charge in [0.25, 0.3) is 0 Å². The Kier molecular flexibility index (Phi) is 3.82. The first-order chi connectivity index (χ1) is 10.2. The number of urea groups is 1. The molecule has 2 amide bonds. The monoisotopic (exact) mass is 286 g/mol. The van der Waals surface area contributed by atoms with Crippen LogP contribution in [0.15, 0.2) is 18.2 Å². The highest BCUT2D eigenvalue weighted by Crippen LogP contribution is 2.40. The maximum absolute atomic E-state index is 11.6. The van der Waals surface area contributed by atoms with Crippen molar-refractivity contribution in [2.24, 2.45) is 7.05 Å². The van der Waals surface area contributed by atoms with E-state index in [9.17, 15) is 4.79 Å². The predicted octanol–water partition coefficient (Wildman–Crippen LogP) is 2.66. The van der Waals surface area contributed by atoms with E-state index in [1.54, 1.807) is 0 Å². The van der Waals surface area contributed by atoms with Crippen LogP contribution in [0, 0.1) is 0 Å². The van der Waals surface area contributed by atoms with Gasteiger partial charge in [0.05, 0.1) is 11.0 Å². The smallest absolute Gasteiger partial charge is 0.315 e. The Morgan fingerprint density at radius 1 is 1.38 bits per heavy atom. The minimum atomic E-state index is -0.114. The molecule has 5 heteroatoms. The van der Waals surface area contributed by atoms with Crippen LogP contribution in [0.5, 0.6) is 0 Å². The summed E-state index contributed by atoms with van der Waals surface area (Å²) in [6.07, 6.45) is 3.45. The molecule has 1 saturated carbocycles. The van der Waals surface area contributed by atoms with E-state index in [0.717, 1.165) is 23.0 Å². The number of hydrogen-bond donors (Lipinski definition) is 2. The summed E-state index contributed by atoms with van der Waals surface area (Å²) in [5.74, 6) is 1.83. The molecule has 0 atom stereocenters. The van der Waals surface area contributed by atoms with E-state index in [1.807, 2.05) is 6.92 Å². The highest BCUT2D eigenvalue weighted by Gasteiger charge is 2.28. The number of rotatable bonds is 5. The Hall–Kier alpha value is -2.04. The van der Waals surface area contributed by atoms with Crippen molar-refractivity contribution in [3.8, 4) is 0 Å². The summed E-state index contributed by atoms with van der Waals surface area (Å²) in [5.41, 5.74) is 3.26. The van der Waals surface area contributed by atoms with E-state index in [2.05, 4.69) is 40.4 Å². The van der Waals surface area contributed by atoms with Crippen LogP contribution < -0.4 is 10.6 Å². The zero-order chi connectivity index (χ0) is 14.8. The van der Waals surface area contributed by atoms with Gasteiger partial charge in [-0.05, 0) is 37.0 Å². The number of carbonyl (C=O) groups excluding carboxylic acids is 1. The topological polar surface area (TPSA) is 59.0 Å². The molecule has 2 aromatic rings. The number of hydrogen-bond acceptors (Lipinski definition) is 2. The van der Waals surface area contributed by atoms with E-state index in [4.69, 9.17) is 4.98 Å². The Balaban J connectivity index is 1.70. The van der Waals surface area contributed by atoms with Gasteiger partial charge in [-0.1, -0.05) is 13.0 Å². The fraction of sp³-hybridized carbons (Fsp3) is 0.500. The molecule has 0 unspecified atom stereocenters. The summed E-state index contributed by atoms with van der Waals surface area (Å²) in [4.78, 5) is 16.3. The number of nitrogens with zero attached hydrogens (tertiary/aromatic N) is 2. The van der Waals surface area contributed by atoms with E-state index in [0.29, 0.717) is 19.0 Å². The van der Waals surface area contributed by atoms with Crippen molar-refractivity contribution in [1.82, 2.24) is 20.2 Å². The molecule has 112 valence electrons. The first-order valence-corrected chi connectivity index (χ1v) is 7.66. The molecular weight excluding hydrogens is 264 g/mol. The lowest BCUT2D eigenvalue weighted by Gasteiger charge is -2.06. The van der Waals surface area contributed by atoms with Crippen LogP contribution in [0.25, 0.3) is 11.0 Å². The van der Waals surface area contributed by atoms with Gasteiger partial charge >= 0.3 is 6.03 Å². The molecule has 21 heavy (non-hydrogen) atoms. The largest absolute Gasteiger partial charge is 0.338 e. The highest BCUT2D eigenvalue weighted by molar-refractivity contribution is 5.77. The fourth-order valence-corrected chi connectivity index (χ4v) is 2.56. The third kappa shape index (κ3) is 3.01. The second-order valence-corrected chi connectivity index (χ2v) is 5.74. The number of benzene rings is 1. The van der Waals surface area contributed by atoms with Gasteiger partial charge < -0.3 is 15.2 Å². The molecule has 1 aliphatic carbocycles. The quantitative estimate of drug-likeness (QED) is 0.887. The minimum Gasteiger partial charge on any atom is -0.338 e. The summed E-state index contributed by atoms with van der Waals surface area (Å²) in [7, 11) is 2.08. The molecule has 0 bridgehead atoms. The second-order valence-electron chi connectivity index (χ2n) is 5.74. The average Bonchev–Trinajstić information content (AvgIpc) is 3.28. The number of nitrogens with one attached hydrogen (secondary N) is 2. The second kappa shape index (κ2) is 5.76. The van der Waals surface area contributed by atoms with Gasteiger partial charge in [-0.3, -0.25) is 0 Å². The van der Waals surface area contributed by atoms with Crippen molar-refractivity contribution < 1.29 is 4.79 Å². The van der Waals surface area contributed by atoms with Gasteiger partial charge in [-0.15, -0.1) is 0 Å². The Morgan fingerprint density at radius 3 is 2.90 bits per heavy atom. The minimum absolute atomic E-state index is 0.114. The average molecular weight is 286 g/mol. The van der Waals surface area contributed by atoms with Crippen molar-refractivity contribution in [3.63, 3.8) is 0 Å². The molecule has 1 aliphatic rings. The summed E-state index contributed by atoms with van der Waals surface area (Å²) in [5, 5.41) is 5.68. The van der Waals surface area contributed by atoms with Crippen LogP contribution in [-0.2, 0) is 13.6 Å². The summed E-state index contributed by atoms with van der Waals surface area (Å²) in [6, 6.07) is 6.11. The third-order valence-electron chi connectivity index (χ3n) is 3.91. The molecule has 1 heterocycles. The zero-order valence-corrected chi connectivity index (χ0v) is 12.6. The molecule has 1 aromatic carbocycles. The number of aryl methyl sites for hydroxylation is 1. The molecule has 1 aromatic heterocycles. The van der Waals surface area contributed by atoms with E-state index < -0.39 is 0 Å². The SMILES string of the molecule is CCCNC(=O)NCc1ccc2c(c1)nc(C1CC1)n2C. The number of aromatic nitrogens is 2. The van der Waals surface area contributed by atoms with E-state index >= 15 is 0 Å². The number of imidazole rings is 1. The van der Waals surface area contributed by atoms with Crippen molar-refractivity contribution in [1.29, 1.82) is 0 Å². The van der Waals surface area contributed by atoms with E-state index in [-0.39, 0.29) is 6.03 Å². The molecule has 0 spiro atoms. The molecule has 0 aliphatic heterocycles. The van der Waals surface area contributed by atoms with Crippen molar-refractivity contribution in [2.75, 3.05) is 6.54 Å². The van der Waals surface area contributed by atoms with Crippen molar-refractivity contribution >= 4 is 17.1 Å². The van der Waals surface area contributed by atoms with Gasteiger partial charge in [0.2, 0.25) is 0 Å². The number of fused-ring (bicyclic) bond motifs is 1. The summed E-state index contributed by atoms with van der Waals surface area (Å²) in [6.45, 7) is 3.27. The number of carbonyl (C=O) groups is 1. The van der Waals surface area contributed by atoms with Crippen LogP contribution in [0.2, 0.25) is 0 Å². The lowest BCUT2D eigenvalue weighted by molar-refractivity contribution is 0.240. The maximum Gasteiger partial charge on any atom is 0.315 e. The first-order valence-electron chi connectivity index (χ1n) is 7.66.